The Bertz CT molecular complexity index is 937. The smallest absolute Gasteiger partial charge is 0.235 e. The van der Waals surface area contributed by atoms with Gasteiger partial charge in [-0.2, -0.15) is 5.10 Å². The maximum absolute atomic E-state index is 12.4. The van der Waals surface area contributed by atoms with E-state index in [2.05, 4.69) is 20.6 Å². The normalized spacial score (nSPS) is 14.7. The molecule has 3 aromatic rings. The van der Waals surface area contributed by atoms with E-state index in [0.29, 0.717) is 11.2 Å². The molecule has 0 aromatic carbocycles. The first-order chi connectivity index (χ1) is 13.1. The average molecular weight is 386 g/mol. The zero-order chi connectivity index (χ0) is 18.8. The SMILES string of the molecule is Cc1occc1-c1nnc(SCC(=O)Nc2ccnn2C2CCCC2)n1C. The molecule has 1 saturated carbocycles. The standard InChI is InChI=1S/C18H22N6O2S/c1-12-14(8-10-26-12)17-21-22-18(23(17)2)27-11-16(25)20-15-7-9-19-24(15)13-5-3-4-6-13/h7-10,13H,3-6,11H2,1-2H3,(H,20,25). The Hall–Kier alpha value is -2.55. The first-order valence-corrected chi connectivity index (χ1v) is 10.0. The zero-order valence-electron chi connectivity index (χ0n) is 15.4. The number of aryl methyl sites for hydroxylation is 1. The number of nitrogens with zero attached hydrogens (tertiary/aromatic N) is 5. The molecule has 3 heterocycles. The fraction of sp³-hybridized carbons (Fsp3) is 0.444. The number of anilines is 1. The zero-order valence-corrected chi connectivity index (χ0v) is 16.2. The second kappa shape index (κ2) is 7.59. The quantitative estimate of drug-likeness (QED) is 0.653. The molecular formula is C18H22N6O2S. The van der Waals surface area contributed by atoms with Crippen LogP contribution in [0.5, 0.6) is 0 Å². The van der Waals surface area contributed by atoms with Crippen LogP contribution in [0.3, 0.4) is 0 Å². The molecule has 1 amide bonds. The number of thioether (sulfide) groups is 1. The van der Waals surface area contributed by atoms with Gasteiger partial charge in [0.25, 0.3) is 0 Å². The third-order valence-corrected chi connectivity index (χ3v) is 5.90. The van der Waals surface area contributed by atoms with Crippen LogP contribution in [0.25, 0.3) is 11.4 Å². The summed E-state index contributed by atoms with van der Waals surface area (Å²) < 4.78 is 9.15. The van der Waals surface area contributed by atoms with Crippen LogP contribution in [0, 0.1) is 6.92 Å². The largest absolute Gasteiger partial charge is 0.469 e. The number of nitrogens with one attached hydrogen (secondary N) is 1. The van der Waals surface area contributed by atoms with Crippen molar-refractivity contribution in [3.05, 3.63) is 30.4 Å². The van der Waals surface area contributed by atoms with Crippen molar-refractivity contribution in [1.29, 1.82) is 0 Å². The maximum Gasteiger partial charge on any atom is 0.235 e. The molecule has 8 nitrogen and oxygen atoms in total. The van der Waals surface area contributed by atoms with E-state index in [4.69, 9.17) is 4.42 Å². The molecule has 0 unspecified atom stereocenters. The molecule has 27 heavy (non-hydrogen) atoms. The molecule has 9 heteroatoms. The van der Waals surface area contributed by atoms with Crippen molar-refractivity contribution in [2.75, 3.05) is 11.1 Å². The molecule has 4 rings (SSSR count). The summed E-state index contributed by atoms with van der Waals surface area (Å²) in [6, 6.07) is 4.11. The van der Waals surface area contributed by atoms with Crippen LogP contribution < -0.4 is 5.32 Å². The minimum Gasteiger partial charge on any atom is -0.469 e. The van der Waals surface area contributed by atoms with Gasteiger partial charge in [0.2, 0.25) is 5.91 Å². The Labute approximate surface area is 161 Å². The number of furan rings is 1. The summed E-state index contributed by atoms with van der Waals surface area (Å²) in [6.45, 7) is 1.89. The summed E-state index contributed by atoms with van der Waals surface area (Å²) in [5, 5.41) is 16.5. The Morgan fingerprint density at radius 2 is 2.15 bits per heavy atom. The first kappa shape index (κ1) is 17.8. The fourth-order valence-electron chi connectivity index (χ4n) is 3.45. The number of carbonyl (C=O) groups is 1. The molecule has 3 aromatic heterocycles. The third kappa shape index (κ3) is 3.64. The molecule has 1 aliphatic rings. The van der Waals surface area contributed by atoms with E-state index in [9.17, 15) is 4.79 Å². The molecule has 0 aliphatic heterocycles. The van der Waals surface area contributed by atoms with E-state index in [1.807, 2.05) is 35.4 Å². The molecule has 0 saturated heterocycles. The Morgan fingerprint density at radius 1 is 1.33 bits per heavy atom. The summed E-state index contributed by atoms with van der Waals surface area (Å²) >= 11 is 1.36. The number of hydrogen-bond donors (Lipinski definition) is 1. The van der Waals surface area contributed by atoms with Gasteiger partial charge in [-0.05, 0) is 25.8 Å². The van der Waals surface area contributed by atoms with E-state index in [0.717, 1.165) is 35.8 Å². The van der Waals surface area contributed by atoms with Crippen molar-refractivity contribution in [2.24, 2.45) is 7.05 Å². The molecular weight excluding hydrogens is 364 g/mol. The topological polar surface area (TPSA) is 90.8 Å². The lowest BCUT2D eigenvalue weighted by Crippen LogP contribution is -2.19. The average Bonchev–Trinajstić information content (AvgIpc) is 3.41. The molecule has 142 valence electrons. The highest BCUT2D eigenvalue weighted by Gasteiger charge is 2.21. The van der Waals surface area contributed by atoms with Crippen LogP contribution >= 0.6 is 11.8 Å². The number of rotatable bonds is 6. The minimum absolute atomic E-state index is 0.0798. The molecule has 1 aliphatic carbocycles. The second-order valence-corrected chi connectivity index (χ2v) is 7.63. The molecule has 0 spiro atoms. The predicted molar refractivity (Wildman–Crippen MR) is 103 cm³/mol. The van der Waals surface area contributed by atoms with Gasteiger partial charge in [0, 0.05) is 13.1 Å². The molecule has 0 atom stereocenters. The summed E-state index contributed by atoms with van der Waals surface area (Å²) in [6.07, 6.45) is 8.05. The third-order valence-electron chi connectivity index (χ3n) is 4.88. The van der Waals surface area contributed by atoms with Crippen LogP contribution in [0.2, 0.25) is 0 Å². The van der Waals surface area contributed by atoms with Gasteiger partial charge in [-0.25, -0.2) is 4.68 Å². The van der Waals surface area contributed by atoms with Crippen molar-refractivity contribution in [2.45, 2.75) is 43.8 Å². The minimum atomic E-state index is -0.0798. The van der Waals surface area contributed by atoms with Gasteiger partial charge in [-0.3, -0.25) is 4.79 Å². The fourth-order valence-corrected chi connectivity index (χ4v) is 4.17. The van der Waals surface area contributed by atoms with Gasteiger partial charge in [0.1, 0.15) is 11.6 Å². The molecule has 0 bridgehead atoms. The van der Waals surface area contributed by atoms with E-state index >= 15 is 0 Å². The predicted octanol–water partition coefficient (Wildman–Crippen LogP) is 3.43. The number of amides is 1. The maximum atomic E-state index is 12.4. The summed E-state index contributed by atoms with van der Waals surface area (Å²) in [5.74, 6) is 2.46. The van der Waals surface area contributed by atoms with Crippen molar-refractivity contribution in [3.8, 4) is 11.4 Å². The van der Waals surface area contributed by atoms with Gasteiger partial charge < -0.3 is 14.3 Å². The van der Waals surface area contributed by atoms with Crippen molar-refractivity contribution in [1.82, 2.24) is 24.5 Å². The van der Waals surface area contributed by atoms with Crippen LogP contribution in [0.15, 0.2) is 34.2 Å². The van der Waals surface area contributed by atoms with Gasteiger partial charge in [0.15, 0.2) is 11.0 Å². The van der Waals surface area contributed by atoms with Gasteiger partial charge >= 0.3 is 0 Å². The highest BCUT2D eigenvalue weighted by Crippen LogP contribution is 2.31. The summed E-state index contributed by atoms with van der Waals surface area (Å²) in [4.78, 5) is 12.4. The number of carbonyl (C=O) groups excluding carboxylic acids is 1. The number of aromatic nitrogens is 5. The first-order valence-electron chi connectivity index (χ1n) is 9.03. The van der Waals surface area contributed by atoms with E-state index in [1.165, 1.54) is 24.6 Å². The van der Waals surface area contributed by atoms with E-state index in [1.54, 1.807) is 12.5 Å². The van der Waals surface area contributed by atoms with E-state index < -0.39 is 0 Å². The van der Waals surface area contributed by atoms with Crippen molar-refractivity contribution in [3.63, 3.8) is 0 Å². The van der Waals surface area contributed by atoms with Crippen LogP contribution in [-0.2, 0) is 11.8 Å². The van der Waals surface area contributed by atoms with Gasteiger partial charge in [-0.15, -0.1) is 10.2 Å². The lowest BCUT2D eigenvalue weighted by Gasteiger charge is -2.14. The Morgan fingerprint density at radius 3 is 2.89 bits per heavy atom. The lowest BCUT2D eigenvalue weighted by molar-refractivity contribution is -0.113. The number of hydrogen-bond acceptors (Lipinski definition) is 6. The van der Waals surface area contributed by atoms with E-state index in [-0.39, 0.29) is 11.7 Å². The lowest BCUT2D eigenvalue weighted by atomic mass is 10.2. The molecule has 1 fully saturated rings. The van der Waals surface area contributed by atoms with Crippen molar-refractivity contribution >= 4 is 23.5 Å². The summed E-state index contributed by atoms with van der Waals surface area (Å²) in [7, 11) is 1.89. The van der Waals surface area contributed by atoms with Gasteiger partial charge in [-0.1, -0.05) is 24.6 Å². The van der Waals surface area contributed by atoms with Crippen molar-refractivity contribution < 1.29 is 9.21 Å². The van der Waals surface area contributed by atoms with Gasteiger partial charge in [0.05, 0.1) is 29.8 Å². The summed E-state index contributed by atoms with van der Waals surface area (Å²) in [5.41, 5.74) is 0.904. The van der Waals surface area contributed by atoms with Crippen LogP contribution in [0.1, 0.15) is 37.5 Å². The molecule has 0 radical (unpaired) electrons. The van der Waals surface area contributed by atoms with Crippen LogP contribution in [0.4, 0.5) is 5.82 Å². The molecule has 1 N–H and O–H groups in total. The van der Waals surface area contributed by atoms with Crippen LogP contribution in [-0.4, -0.2) is 36.2 Å². The highest BCUT2D eigenvalue weighted by molar-refractivity contribution is 7.99. The Kier molecular flexibility index (Phi) is 5.02. The highest BCUT2D eigenvalue weighted by atomic mass is 32.2. The monoisotopic (exact) mass is 386 g/mol. The second-order valence-electron chi connectivity index (χ2n) is 6.69. The Balaban J connectivity index is 1.38.